The molecule has 2 aromatic rings. The summed E-state index contributed by atoms with van der Waals surface area (Å²) in [7, 11) is 0. The van der Waals surface area contributed by atoms with Gasteiger partial charge in [0, 0.05) is 10.4 Å². The Morgan fingerprint density at radius 3 is 3.13 bits per heavy atom. The molecular formula is C10H9ClN2O2. The minimum Gasteiger partial charge on any atom is -0.462 e. The van der Waals surface area contributed by atoms with E-state index >= 15 is 0 Å². The molecule has 0 fully saturated rings. The van der Waals surface area contributed by atoms with Crippen LogP contribution < -0.4 is 0 Å². The fraction of sp³-hybridized carbons (Fsp3) is 0.200. The summed E-state index contributed by atoms with van der Waals surface area (Å²) in [5.74, 6) is -0.394. The number of ether oxygens (including phenoxy) is 1. The van der Waals surface area contributed by atoms with E-state index in [2.05, 4.69) is 10.2 Å². The van der Waals surface area contributed by atoms with Crippen LogP contribution in [0.3, 0.4) is 0 Å². The van der Waals surface area contributed by atoms with Crippen molar-refractivity contribution in [1.82, 2.24) is 10.2 Å². The van der Waals surface area contributed by atoms with Gasteiger partial charge in [-0.25, -0.2) is 4.79 Å². The Kier molecular flexibility index (Phi) is 2.60. The van der Waals surface area contributed by atoms with Crippen LogP contribution in [0.2, 0.25) is 5.02 Å². The first kappa shape index (κ1) is 9.98. The summed E-state index contributed by atoms with van der Waals surface area (Å²) in [4.78, 5) is 11.6. The van der Waals surface area contributed by atoms with Crippen LogP contribution in [0.4, 0.5) is 0 Å². The molecule has 0 radical (unpaired) electrons. The van der Waals surface area contributed by atoms with E-state index in [1.807, 2.05) is 0 Å². The molecule has 0 aliphatic rings. The van der Waals surface area contributed by atoms with Crippen LogP contribution in [0.1, 0.15) is 17.3 Å². The molecule has 1 aromatic carbocycles. The first-order valence-electron chi connectivity index (χ1n) is 4.52. The van der Waals surface area contributed by atoms with Gasteiger partial charge in [-0.15, -0.1) is 0 Å². The van der Waals surface area contributed by atoms with Gasteiger partial charge < -0.3 is 4.74 Å². The number of nitrogens with zero attached hydrogens (tertiary/aromatic N) is 1. The van der Waals surface area contributed by atoms with Crippen LogP contribution in [-0.4, -0.2) is 22.8 Å². The number of esters is 1. The summed E-state index contributed by atoms with van der Waals surface area (Å²) in [5, 5.41) is 7.89. The summed E-state index contributed by atoms with van der Waals surface area (Å²) in [6.45, 7) is 2.09. The van der Waals surface area contributed by atoms with Gasteiger partial charge in [-0.3, -0.25) is 5.10 Å². The predicted octanol–water partition coefficient (Wildman–Crippen LogP) is 2.39. The molecule has 0 spiro atoms. The number of aromatic nitrogens is 2. The van der Waals surface area contributed by atoms with E-state index in [9.17, 15) is 4.79 Å². The van der Waals surface area contributed by atoms with Gasteiger partial charge in [0.05, 0.1) is 23.9 Å². The third-order valence-electron chi connectivity index (χ3n) is 2.01. The highest BCUT2D eigenvalue weighted by Gasteiger charge is 2.13. The monoisotopic (exact) mass is 224 g/mol. The maximum absolute atomic E-state index is 11.6. The largest absolute Gasteiger partial charge is 0.462 e. The third-order valence-corrected chi connectivity index (χ3v) is 2.23. The van der Waals surface area contributed by atoms with Crippen molar-refractivity contribution in [2.24, 2.45) is 0 Å². The van der Waals surface area contributed by atoms with E-state index in [1.54, 1.807) is 25.3 Å². The van der Waals surface area contributed by atoms with Gasteiger partial charge in [0.1, 0.15) is 0 Å². The van der Waals surface area contributed by atoms with Gasteiger partial charge in [-0.2, -0.15) is 5.10 Å². The molecule has 0 saturated carbocycles. The van der Waals surface area contributed by atoms with Gasteiger partial charge in [0.25, 0.3) is 0 Å². The average Bonchev–Trinajstić information content (AvgIpc) is 2.64. The Morgan fingerprint density at radius 1 is 1.60 bits per heavy atom. The maximum Gasteiger partial charge on any atom is 0.340 e. The molecule has 0 aliphatic carbocycles. The first-order valence-corrected chi connectivity index (χ1v) is 4.90. The van der Waals surface area contributed by atoms with Crippen molar-refractivity contribution < 1.29 is 9.53 Å². The van der Waals surface area contributed by atoms with Gasteiger partial charge in [0.15, 0.2) is 0 Å². The number of hydrogen-bond donors (Lipinski definition) is 1. The molecule has 2 rings (SSSR count). The van der Waals surface area contributed by atoms with E-state index in [0.29, 0.717) is 22.7 Å². The van der Waals surface area contributed by atoms with Gasteiger partial charge >= 0.3 is 5.97 Å². The molecule has 15 heavy (non-hydrogen) atoms. The first-order chi connectivity index (χ1) is 7.22. The highest BCUT2D eigenvalue weighted by Crippen LogP contribution is 2.22. The molecule has 0 aliphatic heterocycles. The summed E-state index contributed by atoms with van der Waals surface area (Å²) in [6.07, 6.45) is 1.62. The molecule has 0 unspecified atom stereocenters. The molecule has 4 nitrogen and oxygen atoms in total. The van der Waals surface area contributed by atoms with Crippen LogP contribution in [0.5, 0.6) is 0 Å². The molecule has 5 heteroatoms. The Bertz CT molecular complexity index is 507. The lowest BCUT2D eigenvalue weighted by Crippen LogP contribution is -2.05. The molecule has 1 N–H and O–H groups in total. The van der Waals surface area contributed by atoms with Crippen LogP contribution in [0, 0.1) is 0 Å². The average molecular weight is 225 g/mol. The maximum atomic E-state index is 11.6. The lowest BCUT2D eigenvalue weighted by Gasteiger charge is -2.03. The SMILES string of the molecule is CCOC(=O)c1cc(Cl)cc2cn[nH]c12. The van der Waals surface area contributed by atoms with Crippen molar-refractivity contribution in [2.45, 2.75) is 6.92 Å². The zero-order chi connectivity index (χ0) is 10.8. The molecule has 0 amide bonds. The highest BCUT2D eigenvalue weighted by atomic mass is 35.5. The van der Waals surface area contributed by atoms with Crippen LogP contribution in [-0.2, 0) is 4.74 Å². The molecule has 0 atom stereocenters. The number of H-pyrrole nitrogens is 1. The van der Waals surface area contributed by atoms with Gasteiger partial charge in [-0.05, 0) is 19.1 Å². The summed E-state index contributed by atoms with van der Waals surface area (Å²) in [5.41, 5.74) is 1.06. The van der Waals surface area contributed by atoms with Crippen molar-refractivity contribution >= 4 is 28.5 Å². The van der Waals surface area contributed by atoms with Crippen molar-refractivity contribution in [3.8, 4) is 0 Å². The normalized spacial score (nSPS) is 10.5. The fourth-order valence-electron chi connectivity index (χ4n) is 1.39. The number of fused-ring (bicyclic) bond motifs is 1. The second-order valence-corrected chi connectivity index (χ2v) is 3.44. The van der Waals surface area contributed by atoms with E-state index in [4.69, 9.17) is 16.3 Å². The quantitative estimate of drug-likeness (QED) is 0.797. The van der Waals surface area contributed by atoms with Gasteiger partial charge in [0.2, 0.25) is 0 Å². The zero-order valence-electron chi connectivity index (χ0n) is 8.08. The number of hydrogen-bond acceptors (Lipinski definition) is 3. The number of carbonyl (C=O) groups excluding carboxylic acids is 1. The van der Waals surface area contributed by atoms with Crippen molar-refractivity contribution in [1.29, 1.82) is 0 Å². The third kappa shape index (κ3) is 1.80. The molecule has 78 valence electrons. The minimum atomic E-state index is -0.394. The smallest absolute Gasteiger partial charge is 0.340 e. The fourth-order valence-corrected chi connectivity index (χ4v) is 1.62. The number of halogens is 1. The van der Waals surface area contributed by atoms with E-state index in [-0.39, 0.29) is 0 Å². The molecular weight excluding hydrogens is 216 g/mol. The number of rotatable bonds is 2. The van der Waals surface area contributed by atoms with Crippen LogP contribution in [0.25, 0.3) is 10.9 Å². The van der Waals surface area contributed by atoms with Crippen LogP contribution in [0.15, 0.2) is 18.3 Å². The zero-order valence-corrected chi connectivity index (χ0v) is 8.84. The van der Waals surface area contributed by atoms with E-state index in [0.717, 1.165) is 5.39 Å². The summed E-state index contributed by atoms with van der Waals surface area (Å²) in [6, 6.07) is 3.31. The molecule has 1 aromatic heterocycles. The Balaban J connectivity index is 2.57. The second-order valence-electron chi connectivity index (χ2n) is 3.01. The number of nitrogens with one attached hydrogen (secondary N) is 1. The standard InChI is InChI=1S/C10H9ClN2O2/c1-2-15-10(14)8-4-7(11)3-6-5-12-13-9(6)8/h3-5H,2H2,1H3,(H,12,13). The summed E-state index contributed by atoms with van der Waals surface area (Å²) >= 11 is 5.88. The number of carbonyl (C=O) groups is 1. The van der Waals surface area contributed by atoms with Crippen molar-refractivity contribution in [3.63, 3.8) is 0 Å². The predicted molar refractivity (Wildman–Crippen MR) is 57.1 cm³/mol. The second kappa shape index (κ2) is 3.90. The van der Waals surface area contributed by atoms with E-state index < -0.39 is 5.97 Å². The van der Waals surface area contributed by atoms with E-state index in [1.165, 1.54) is 0 Å². The lowest BCUT2D eigenvalue weighted by atomic mass is 10.1. The highest BCUT2D eigenvalue weighted by molar-refractivity contribution is 6.32. The summed E-state index contributed by atoms with van der Waals surface area (Å²) < 4.78 is 4.92. The topological polar surface area (TPSA) is 55.0 Å². The van der Waals surface area contributed by atoms with Crippen LogP contribution >= 0.6 is 11.6 Å². The molecule has 0 bridgehead atoms. The molecule has 1 heterocycles. The minimum absolute atomic E-state index is 0.334. The Hall–Kier alpha value is -1.55. The molecule has 0 saturated heterocycles. The Labute approximate surface area is 91.2 Å². The number of benzene rings is 1. The van der Waals surface area contributed by atoms with Crippen molar-refractivity contribution in [2.75, 3.05) is 6.61 Å². The lowest BCUT2D eigenvalue weighted by molar-refractivity contribution is 0.0528. The van der Waals surface area contributed by atoms with Crippen molar-refractivity contribution in [3.05, 3.63) is 28.9 Å². The Morgan fingerprint density at radius 2 is 2.40 bits per heavy atom. The van der Waals surface area contributed by atoms with Gasteiger partial charge in [-0.1, -0.05) is 11.6 Å². The number of aromatic amines is 1.